The lowest BCUT2D eigenvalue weighted by molar-refractivity contribution is 0.397. The van der Waals surface area contributed by atoms with Gasteiger partial charge in [0.2, 0.25) is 21.9 Å². The number of para-hydroxylation sites is 2. The molecule has 192 valence electrons. The zero-order valence-electron chi connectivity index (χ0n) is 19.3. The van der Waals surface area contributed by atoms with Crippen LogP contribution in [0.4, 0.5) is 28.8 Å². The average molecular weight is 554 g/mol. The summed E-state index contributed by atoms with van der Waals surface area (Å²) in [6.07, 6.45) is 2.43. The highest BCUT2D eigenvalue weighted by Crippen LogP contribution is 2.32. The molecule has 0 saturated carbocycles. The summed E-state index contributed by atoms with van der Waals surface area (Å²) in [4.78, 5) is 12.9. The largest absolute Gasteiger partial charge is 0.480 e. The monoisotopic (exact) mass is 553 g/mol. The maximum atomic E-state index is 12.5. The second-order valence-electron chi connectivity index (χ2n) is 7.91. The number of aromatic nitrogens is 3. The Balaban J connectivity index is 1.59. The molecule has 1 atom stereocenters. The van der Waals surface area contributed by atoms with Crippen molar-refractivity contribution in [3.05, 3.63) is 53.3 Å². The van der Waals surface area contributed by atoms with E-state index in [-0.39, 0.29) is 35.0 Å². The Labute approximate surface area is 213 Å². The molecular formula is C21H24ClN7O5S2. The number of nitrogens with zero attached hydrogens (tertiary/aromatic N) is 3. The molecule has 2 aromatic heterocycles. The van der Waals surface area contributed by atoms with Crippen molar-refractivity contribution in [2.75, 3.05) is 47.6 Å². The van der Waals surface area contributed by atoms with Gasteiger partial charge in [0.05, 0.1) is 42.4 Å². The summed E-state index contributed by atoms with van der Waals surface area (Å²) >= 11 is 6.27. The van der Waals surface area contributed by atoms with Crippen LogP contribution in [-0.2, 0) is 19.9 Å². The minimum Gasteiger partial charge on any atom is -0.480 e. The van der Waals surface area contributed by atoms with Gasteiger partial charge in [0.15, 0.2) is 15.7 Å². The van der Waals surface area contributed by atoms with Gasteiger partial charge in [-0.25, -0.2) is 26.8 Å². The van der Waals surface area contributed by atoms with E-state index in [0.717, 1.165) is 6.26 Å². The van der Waals surface area contributed by atoms with Crippen molar-refractivity contribution in [2.24, 2.45) is 0 Å². The highest BCUT2D eigenvalue weighted by molar-refractivity contribution is 7.92. The van der Waals surface area contributed by atoms with E-state index in [1.807, 2.05) is 0 Å². The highest BCUT2D eigenvalue weighted by Gasteiger charge is 2.32. The third-order valence-electron chi connectivity index (χ3n) is 5.20. The number of benzene rings is 1. The molecule has 0 aliphatic carbocycles. The molecule has 1 aliphatic heterocycles. The maximum Gasteiger partial charge on any atom is 0.237 e. The molecule has 15 heteroatoms. The van der Waals surface area contributed by atoms with Crippen LogP contribution >= 0.6 is 11.6 Å². The number of halogens is 1. The Morgan fingerprint density at radius 2 is 1.83 bits per heavy atom. The first-order valence-electron chi connectivity index (χ1n) is 10.7. The Morgan fingerprint density at radius 3 is 2.53 bits per heavy atom. The predicted molar refractivity (Wildman–Crippen MR) is 139 cm³/mol. The van der Waals surface area contributed by atoms with Crippen LogP contribution in [-0.4, -0.2) is 64.0 Å². The van der Waals surface area contributed by atoms with Gasteiger partial charge in [0.1, 0.15) is 16.0 Å². The summed E-state index contributed by atoms with van der Waals surface area (Å²) in [5.74, 6) is 0.581. The van der Waals surface area contributed by atoms with E-state index in [0.29, 0.717) is 29.3 Å². The first-order chi connectivity index (χ1) is 17.1. The average Bonchev–Trinajstić information content (AvgIpc) is 2.81. The summed E-state index contributed by atoms with van der Waals surface area (Å²) in [7, 11) is -5.41. The van der Waals surface area contributed by atoms with Crippen LogP contribution in [0.5, 0.6) is 5.88 Å². The summed E-state index contributed by atoms with van der Waals surface area (Å²) in [6, 6.07) is 9.93. The number of rotatable bonds is 8. The van der Waals surface area contributed by atoms with Gasteiger partial charge in [-0.1, -0.05) is 23.7 Å². The van der Waals surface area contributed by atoms with Crippen LogP contribution in [0.3, 0.4) is 0 Å². The van der Waals surface area contributed by atoms with E-state index < -0.39 is 25.1 Å². The van der Waals surface area contributed by atoms with E-state index in [2.05, 4.69) is 35.6 Å². The van der Waals surface area contributed by atoms with Crippen LogP contribution in [0, 0.1) is 0 Å². The van der Waals surface area contributed by atoms with Gasteiger partial charge in [0.25, 0.3) is 0 Å². The highest BCUT2D eigenvalue weighted by atomic mass is 35.5. The Kier molecular flexibility index (Phi) is 7.49. The minimum absolute atomic E-state index is 0.0406. The number of hydrogen-bond acceptors (Lipinski definition) is 11. The predicted octanol–water partition coefficient (Wildman–Crippen LogP) is 2.45. The van der Waals surface area contributed by atoms with E-state index in [1.54, 1.807) is 36.4 Å². The number of hydrogen-bond donors (Lipinski definition) is 4. The normalized spacial score (nSPS) is 17.2. The zero-order chi connectivity index (χ0) is 25.9. The third-order valence-corrected chi connectivity index (χ3v) is 8.11. The van der Waals surface area contributed by atoms with Crippen LogP contribution in [0.2, 0.25) is 5.02 Å². The van der Waals surface area contributed by atoms with Crippen molar-refractivity contribution >= 4 is 60.3 Å². The molecule has 12 nitrogen and oxygen atoms in total. The van der Waals surface area contributed by atoms with Crippen molar-refractivity contribution in [3.63, 3.8) is 0 Å². The lowest BCUT2D eigenvalue weighted by Gasteiger charge is -2.23. The van der Waals surface area contributed by atoms with Gasteiger partial charge >= 0.3 is 0 Å². The van der Waals surface area contributed by atoms with Crippen molar-refractivity contribution in [2.45, 2.75) is 5.25 Å². The molecule has 0 amide bonds. The topological polar surface area (TPSA) is 164 Å². The fourth-order valence-corrected chi connectivity index (χ4v) is 5.83. The quantitative estimate of drug-likeness (QED) is 0.324. The molecule has 1 unspecified atom stereocenters. The molecule has 4 N–H and O–H groups in total. The molecule has 4 rings (SSSR count). The van der Waals surface area contributed by atoms with Crippen LogP contribution < -0.4 is 25.4 Å². The van der Waals surface area contributed by atoms with Gasteiger partial charge in [0, 0.05) is 13.1 Å². The fraction of sp³-hybridized carbons (Fsp3) is 0.286. The molecular weight excluding hydrogens is 530 g/mol. The molecule has 0 radical (unpaired) electrons. The number of ether oxygens (including phenoxy) is 1. The number of sulfone groups is 1. The number of sulfonamides is 1. The molecule has 1 saturated heterocycles. The van der Waals surface area contributed by atoms with Crippen LogP contribution in [0.15, 0.2) is 42.6 Å². The standard InChI is InChI=1S/C21H24ClN7O5S2/c1-34-20-17(8-7-16(26-20)18-12-23-9-10-36(18,32)33)27-21-24-11-13(22)19(28-21)25-14-5-3-4-6-15(14)29-35(2,30)31/h3-8,11,18,23,29H,9-10,12H2,1-2H3,(H2,24,25,27,28). The number of anilines is 5. The number of nitrogens with one attached hydrogen (secondary N) is 4. The van der Waals surface area contributed by atoms with Crippen molar-refractivity contribution in [3.8, 4) is 5.88 Å². The smallest absolute Gasteiger partial charge is 0.237 e. The van der Waals surface area contributed by atoms with E-state index in [9.17, 15) is 16.8 Å². The first-order valence-corrected chi connectivity index (χ1v) is 14.6. The van der Waals surface area contributed by atoms with Crippen LogP contribution in [0.1, 0.15) is 10.9 Å². The zero-order valence-corrected chi connectivity index (χ0v) is 21.7. The van der Waals surface area contributed by atoms with Crippen LogP contribution in [0.25, 0.3) is 0 Å². The first kappa shape index (κ1) is 25.9. The van der Waals surface area contributed by atoms with E-state index in [4.69, 9.17) is 16.3 Å². The molecule has 0 bridgehead atoms. The lowest BCUT2D eigenvalue weighted by Crippen LogP contribution is -2.39. The molecule has 1 fully saturated rings. The number of methoxy groups -OCH3 is 1. The van der Waals surface area contributed by atoms with Gasteiger partial charge in [-0.05, 0) is 24.3 Å². The molecule has 1 aliphatic rings. The van der Waals surface area contributed by atoms with Crippen molar-refractivity contribution in [1.29, 1.82) is 0 Å². The summed E-state index contributed by atoms with van der Waals surface area (Å²) in [5.41, 5.74) is 1.53. The second-order valence-corrected chi connectivity index (χ2v) is 12.4. The van der Waals surface area contributed by atoms with E-state index in [1.165, 1.54) is 13.3 Å². The minimum atomic E-state index is -3.51. The van der Waals surface area contributed by atoms with Gasteiger partial charge in [-0.15, -0.1) is 0 Å². The molecule has 0 spiro atoms. The molecule has 3 aromatic rings. The third kappa shape index (κ3) is 6.13. The van der Waals surface area contributed by atoms with Crippen molar-refractivity contribution < 1.29 is 21.6 Å². The van der Waals surface area contributed by atoms with Crippen molar-refractivity contribution in [1.82, 2.24) is 20.3 Å². The molecule has 3 heterocycles. The van der Waals surface area contributed by atoms with Gasteiger partial charge in [-0.3, -0.25) is 4.72 Å². The van der Waals surface area contributed by atoms with Gasteiger partial charge < -0.3 is 20.7 Å². The lowest BCUT2D eigenvalue weighted by atomic mass is 10.2. The maximum absolute atomic E-state index is 12.5. The number of pyridine rings is 1. The molecule has 36 heavy (non-hydrogen) atoms. The van der Waals surface area contributed by atoms with Gasteiger partial charge in [-0.2, -0.15) is 4.98 Å². The molecule has 1 aromatic carbocycles. The fourth-order valence-electron chi connectivity index (χ4n) is 3.53. The Hall–Kier alpha value is -3.20. The summed E-state index contributed by atoms with van der Waals surface area (Å²) < 4.78 is 56.1. The Morgan fingerprint density at radius 1 is 1.08 bits per heavy atom. The SMILES string of the molecule is COc1nc(C2CNCCS2(=O)=O)ccc1Nc1ncc(Cl)c(Nc2ccccc2NS(C)(=O)=O)n1. The second kappa shape index (κ2) is 10.4. The Bertz CT molecular complexity index is 1490. The van der Waals surface area contributed by atoms with E-state index >= 15 is 0 Å². The summed E-state index contributed by atoms with van der Waals surface area (Å²) in [6.45, 7) is 0.685. The summed E-state index contributed by atoms with van der Waals surface area (Å²) in [5, 5.41) is 8.51.